The number of hydrogen-bond donors (Lipinski definition) is 2. The first kappa shape index (κ1) is 30.3. The fraction of sp³-hybridized carbons (Fsp3) is 0.143. The molecular weight excluding hydrogens is 574 g/mol. The Balaban J connectivity index is 0.00000387. The molecule has 8 nitrogen and oxygen atoms in total. The predicted octanol–water partition coefficient (Wildman–Crippen LogP) is 6.43. The van der Waals surface area contributed by atoms with Crippen LogP contribution in [0.2, 0.25) is 5.02 Å². The maximum Gasteiger partial charge on any atom is 0.416 e. The zero-order valence-electron chi connectivity index (χ0n) is 21.4. The first-order valence-electron chi connectivity index (χ1n) is 11.9. The van der Waals surface area contributed by atoms with Crippen LogP contribution in [0.1, 0.15) is 33.8 Å². The number of nitrogens with zero attached hydrogens (tertiary/aromatic N) is 2. The third-order valence-corrected chi connectivity index (χ3v) is 6.46. The number of benzene rings is 3. The minimum atomic E-state index is -4.43. The standard InChI is InChI=1S/C28H19ClF3N3O5.Na/c29-21-13-20-19(27(37)38)11-12-39-23(20)14-24(21)40-18-7-3-16(4-8-18)26(36)33-25-10-9-22(34-35-25)15-1-5-17(6-2-15)28(30,31)32;/h1-10,13-14,19H,11-12H2,(H,37,38)(H,33,35,36);. The maximum atomic E-state index is 12.8. The second-order valence-electron chi connectivity index (χ2n) is 8.81. The summed E-state index contributed by atoms with van der Waals surface area (Å²) in [6, 6.07) is 16.8. The van der Waals surface area contributed by atoms with E-state index in [0.717, 1.165) is 12.1 Å². The number of carbonyl (C=O) groups is 2. The number of amides is 1. The number of nitrogens with one attached hydrogen (secondary N) is 1. The first-order chi connectivity index (χ1) is 19.1. The van der Waals surface area contributed by atoms with Gasteiger partial charge in [-0.15, -0.1) is 10.2 Å². The number of halogens is 4. The zero-order chi connectivity index (χ0) is 28.4. The second kappa shape index (κ2) is 12.5. The van der Waals surface area contributed by atoms with Crippen molar-refractivity contribution in [1.82, 2.24) is 10.2 Å². The Labute approximate surface area is 258 Å². The first-order valence-corrected chi connectivity index (χ1v) is 12.3. The number of aromatic nitrogens is 2. The average Bonchev–Trinajstić information content (AvgIpc) is 2.93. The van der Waals surface area contributed by atoms with Crippen LogP contribution in [0.5, 0.6) is 17.2 Å². The number of carbonyl (C=O) groups excluding carboxylic acids is 1. The van der Waals surface area contributed by atoms with Gasteiger partial charge in [0.2, 0.25) is 0 Å². The summed E-state index contributed by atoms with van der Waals surface area (Å²) >= 11 is 6.33. The smallest absolute Gasteiger partial charge is 0.416 e. The van der Waals surface area contributed by atoms with Crippen LogP contribution >= 0.6 is 11.6 Å². The van der Waals surface area contributed by atoms with Gasteiger partial charge in [0.05, 0.1) is 28.8 Å². The molecule has 1 radical (unpaired) electrons. The Kier molecular flexibility index (Phi) is 9.23. The number of carboxylic acid groups (broad SMARTS) is 1. The summed E-state index contributed by atoms with van der Waals surface area (Å²) in [6.07, 6.45) is -4.09. The van der Waals surface area contributed by atoms with Gasteiger partial charge in [-0.25, -0.2) is 0 Å². The summed E-state index contributed by atoms with van der Waals surface area (Å²) < 4.78 is 49.7. The van der Waals surface area contributed by atoms with E-state index in [-0.39, 0.29) is 52.8 Å². The van der Waals surface area contributed by atoms with Gasteiger partial charge >= 0.3 is 12.1 Å². The number of anilines is 1. The van der Waals surface area contributed by atoms with Crippen LogP contribution in [0.15, 0.2) is 72.8 Å². The molecule has 3 aromatic carbocycles. The van der Waals surface area contributed by atoms with Gasteiger partial charge < -0.3 is 19.9 Å². The van der Waals surface area contributed by atoms with E-state index in [1.165, 1.54) is 42.5 Å². The minimum absolute atomic E-state index is 0. The monoisotopic (exact) mass is 592 g/mol. The van der Waals surface area contributed by atoms with Gasteiger partial charge in [-0.05, 0) is 61.0 Å². The average molecular weight is 593 g/mol. The molecule has 205 valence electrons. The van der Waals surface area contributed by atoms with Crippen LogP contribution in [0.25, 0.3) is 11.3 Å². The van der Waals surface area contributed by atoms with Crippen molar-refractivity contribution in [3.63, 3.8) is 0 Å². The molecule has 0 saturated carbocycles. The van der Waals surface area contributed by atoms with Gasteiger partial charge in [0.1, 0.15) is 17.2 Å². The van der Waals surface area contributed by atoms with Gasteiger partial charge in [-0.2, -0.15) is 13.2 Å². The number of fused-ring (bicyclic) bond motifs is 1. The van der Waals surface area contributed by atoms with Gasteiger partial charge in [0.15, 0.2) is 5.82 Å². The van der Waals surface area contributed by atoms with Crippen LogP contribution in [-0.2, 0) is 11.0 Å². The molecule has 0 bridgehead atoms. The van der Waals surface area contributed by atoms with E-state index in [0.29, 0.717) is 40.3 Å². The molecule has 13 heteroatoms. The van der Waals surface area contributed by atoms with Crippen molar-refractivity contribution in [1.29, 1.82) is 0 Å². The van der Waals surface area contributed by atoms with E-state index in [1.807, 2.05) is 0 Å². The molecule has 1 atom stereocenters. The summed E-state index contributed by atoms with van der Waals surface area (Å²) in [6.45, 7) is 0.261. The third-order valence-electron chi connectivity index (χ3n) is 6.16. The fourth-order valence-corrected chi connectivity index (χ4v) is 4.31. The van der Waals surface area contributed by atoms with Crippen LogP contribution in [0.3, 0.4) is 0 Å². The molecule has 4 aromatic rings. The molecule has 0 spiro atoms. The molecule has 5 rings (SSSR count). The van der Waals surface area contributed by atoms with Crippen molar-refractivity contribution in [3.05, 3.63) is 94.5 Å². The van der Waals surface area contributed by atoms with Crippen LogP contribution in [-0.4, -0.2) is 63.3 Å². The number of ether oxygens (including phenoxy) is 2. The Bertz CT molecular complexity index is 1570. The van der Waals surface area contributed by atoms with Gasteiger partial charge in [-0.1, -0.05) is 23.7 Å². The number of aliphatic carboxylic acids is 1. The molecule has 1 unspecified atom stereocenters. The van der Waals surface area contributed by atoms with Gasteiger partial charge in [-0.3, -0.25) is 9.59 Å². The number of hydrogen-bond acceptors (Lipinski definition) is 6. The van der Waals surface area contributed by atoms with Crippen LogP contribution < -0.4 is 14.8 Å². The van der Waals surface area contributed by atoms with E-state index in [4.69, 9.17) is 21.1 Å². The summed E-state index contributed by atoms with van der Waals surface area (Å²) in [5, 5.41) is 20.2. The molecule has 0 aliphatic carbocycles. The van der Waals surface area contributed by atoms with Crippen molar-refractivity contribution in [2.24, 2.45) is 0 Å². The summed E-state index contributed by atoms with van der Waals surface area (Å²) in [5.74, 6) is -0.941. The molecule has 41 heavy (non-hydrogen) atoms. The Hall–Kier alpha value is -3.64. The number of rotatable bonds is 6. The molecule has 2 heterocycles. The van der Waals surface area contributed by atoms with E-state index < -0.39 is 29.5 Å². The van der Waals surface area contributed by atoms with Gasteiger partial charge in [0.25, 0.3) is 5.91 Å². The van der Waals surface area contributed by atoms with E-state index in [9.17, 15) is 27.9 Å². The third kappa shape index (κ3) is 6.99. The van der Waals surface area contributed by atoms with E-state index in [1.54, 1.807) is 18.2 Å². The quantitative estimate of drug-likeness (QED) is 0.248. The van der Waals surface area contributed by atoms with Crippen molar-refractivity contribution in [3.8, 4) is 28.5 Å². The molecule has 2 N–H and O–H groups in total. The molecule has 0 fully saturated rings. The zero-order valence-corrected chi connectivity index (χ0v) is 24.2. The molecule has 1 aromatic heterocycles. The molecular formula is C28H19ClF3N3NaO5. The summed E-state index contributed by atoms with van der Waals surface area (Å²) in [4.78, 5) is 24.2. The largest absolute Gasteiger partial charge is 0.493 e. The second-order valence-corrected chi connectivity index (χ2v) is 9.22. The molecule has 1 aliphatic rings. The van der Waals surface area contributed by atoms with Crippen LogP contribution in [0.4, 0.5) is 19.0 Å². The van der Waals surface area contributed by atoms with Crippen molar-refractivity contribution >= 4 is 58.9 Å². The molecule has 0 saturated heterocycles. The van der Waals surface area contributed by atoms with Crippen LogP contribution in [0, 0.1) is 0 Å². The van der Waals surface area contributed by atoms with E-state index in [2.05, 4.69) is 15.5 Å². The topological polar surface area (TPSA) is 111 Å². The minimum Gasteiger partial charge on any atom is -0.493 e. The molecule has 1 amide bonds. The van der Waals surface area contributed by atoms with Crippen molar-refractivity contribution in [2.75, 3.05) is 11.9 Å². The maximum absolute atomic E-state index is 12.8. The number of alkyl halides is 3. The van der Waals surface area contributed by atoms with E-state index >= 15 is 0 Å². The normalized spacial score (nSPS) is 14.2. The van der Waals surface area contributed by atoms with Gasteiger partial charge in [0, 0.05) is 52.3 Å². The summed E-state index contributed by atoms with van der Waals surface area (Å²) in [5.41, 5.74) is 0.807. The Morgan fingerprint density at radius 3 is 2.32 bits per heavy atom. The molecule has 1 aliphatic heterocycles. The van der Waals surface area contributed by atoms with Crippen molar-refractivity contribution in [2.45, 2.75) is 18.5 Å². The summed E-state index contributed by atoms with van der Waals surface area (Å²) in [7, 11) is 0. The number of carboxylic acids is 1. The Morgan fingerprint density at radius 2 is 1.71 bits per heavy atom. The predicted molar refractivity (Wildman–Crippen MR) is 145 cm³/mol. The SMILES string of the molecule is O=C(Nc1ccc(-c2ccc(C(F)(F)F)cc2)nn1)c1ccc(Oc2cc3c(cc2Cl)C(C(=O)O)CCO3)cc1.[Na]. The van der Waals surface area contributed by atoms with Crippen molar-refractivity contribution < 1.29 is 37.3 Å². The fourth-order valence-electron chi connectivity index (χ4n) is 4.10. The Morgan fingerprint density at radius 1 is 1.00 bits per heavy atom.